The van der Waals surface area contributed by atoms with Crippen LogP contribution in [-0.4, -0.2) is 50.6 Å². The van der Waals surface area contributed by atoms with Crippen molar-refractivity contribution in [2.45, 2.75) is 75.4 Å². The van der Waals surface area contributed by atoms with Gasteiger partial charge >= 0.3 is 6.18 Å². The van der Waals surface area contributed by atoms with Gasteiger partial charge in [-0.2, -0.15) is 18.3 Å². The van der Waals surface area contributed by atoms with E-state index in [-0.39, 0.29) is 43.2 Å². The second-order valence-electron chi connectivity index (χ2n) is 11.1. The molecule has 0 spiro atoms. The van der Waals surface area contributed by atoms with Crippen LogP contribution >= 0.6 is 0 Å². The zero-order chi connectivity index (χ0) is 30.2. The number of fused-ring (bicyclic) bond motifs is 1. The first-order chi connectivity index (χ1) is 19.8. The van der Waals surface area contributed by atoms with Crippen LogP contribution in [0.4, 0.5) is 22.0 Å². The Balaban J connectivity index is 1.51. The van der Waals surface area contributed by atoms with Crippen molar-refractivity contribution in [3.8, 4) is 5.75 Å². The van der Waals surface area contributed by atoms with Gasteiger partial charge in [0.1, 0.15) is 11.4 Å². The van der Waals surface area contributed by atoms with Crippen LogP contribution in [0.25, 0.3) is 5.65 Å². The molecule has 3 aromatic heterocycles. The monoisotopic (exact) mass is 594 g/mol. The highest BCUT2D eigenvalue weighted by molar-refractivity contribution is 5.93. The Labute approximate surface area is 238 Å². The number of nitrogens with two attached hydrogens (primary N) is 1. The fourth-order valence-corrected chi connectivity index (χ4v) is 5.78. The topological polar surface area (TPSA) is 125 Å². The molecule has 2 saturated carbocycles. The van der Waals surface area contributed by atoms with E-state index in [1.54, 1.807) is 18.3 Å². The number of nitrogens with zero attached hydrogens (tertiary/aromatic N) is 4. The predicted molar refractivity (Wildman–Crippen MR) is 140 cm³/mol. The highest BCUT2D eigenvalue weighted by Crippen LogP contribution is 2.47. The molecule has 2 fully saturated rings. The number of methoxy groups -OCH3 is 1. The normalized spacial score (nSPS) is 18.9. The summed E-state index contributed by atoms with van der Waals surface area (Å²) < 4.78 is 73.2. The second-order valence-corrected chi connectivity index (χ2v) is 11.1. The summed E-state index contributed by atoms with van der Waals surface area (Å²) in [4.78, 5) is 33.7. The van der Waals surface area contributed by atoms with Gasteiger partial charge in [-0.25, -0.2) is 18.3 Å². The van der Waals surface area contributed by atoms with Crippen LogP contribution < -0.4 is 15.8 Å². The lowest BCUT2D eigenvalue weighted by Gasteiger charge is -2.34. The zero-order valence-electron chi connectivity index (χ0n) is 22.8. The number of imidazole rings is 1. The van der Waals surface area contributed by atoms with E-state index in [1.165, 1.54) is 24.0 Å². The molecule has 3 heterocycles. The molecule has 42 heavy (non-hydrogen) atoms. The predicted octanol–water partition coefficient (Wildman–Crippen LogP) is 5.10. The molecular formula is C28H31F5N6O3. The summed E-state index contributed by atoms with van der Waals surface area (Å²) in [7, 11) is 1.42. The number of rotatable bonds is 10. The molecule has 5 rings (SSSR count). The molecule has 2 amide bonds. The van der Waals surface area contributed by atoms with Crippen LogP contribution in [0, 0.1) is 11.8 Å². The lowest BCUT2D eigenvalue weighted by Crippen LogP contribution is -2.30. The third-order valence-electron chi connectivity index (χ3n) is 8.03. The van der Waals surface area contributed by atoms with Gasteiger partial charge in [0.25, 0.3) is 5.91 Å². The molecule has 0 unspecified atom stereocenters. The fraction of sp³-hybridized carbons (Fsp3) is 0.536. The Kier molecular flexibility index (Phi) is 8.08. The molecule has 2 aliphatic carbocycles. The smallest absolute Gasteiger partial charge is 0.389 e. The highest BCUT2D eigenvalue weighted by atomic mass is 19.4. The van der Waals surface area contributed by atoms with Gasteiger partial charge in [0.05, 0.1) is 37.7 Å². The summed E-state index contributed by atoms with van der Waals surface area (Å²) in [6.45, 7) is 0. The molecule has 0 saturated heterocycles. The number of carbonyl (C=O) groups is 2. The summed E-state index contributed by atoms with van der Waals surface area (Å²) in [6, 6.07) is 2.74. The Morgan fingerprint density at radius 3 is 2.52 bits per heavy atom. The summed E-state index contributed by atoms with van der Waals surface area (Å²) >= 11 is 0. The quantitative estimate of drug-likeness (QED) is 0.315. The Morgan fingerprint density at radius 1 is 1.19 bits per heavy atom. The van der Waals surface area contributed by atoms with Crippen molar-refractivity contribution >= 4 is 17.5 Å². The van der Waals surface area contributed by atoms with Gasteiger partial charge in [0, 0.05) is 36.9 Å². The first-order valence-corrected chi connectivity index (χ1v) is 13.8. The third-order valence-corrected chi connectivity index (χ3v) is 8.03. The van der Waals surface area contributed by atoms with Crippen LogP contribution in [0.5, 0.6) is 5.75 Å². The van der Waals surface area contributed by atoms with Crippen molar-refractivity contribution in [3.05, 3.63) is 53.2 Å². The average molecular weight is 595 g/mol. The molecule has 3 N–H and O–H groups in total. The van der Waals surface area contributed by atoms with Gasteiger partial charge < -0.3 is 15.8 Å². The van der Waals surface area contributed by atoms with Crippen molar-refractivity contribution in [2.75, 3.05) is 7.11 Å². The Bertz CT molecular complexity index is 1460. The number of amides is 2. The maximum Gasteiger partial charge on any atom is 0.389 e. The van der Waals surface area contributed by atoms with Gasteiger partial charge in [-0.15, -0.1) is 0 Å². The summed E-state index contributed by atoms with van der Waals surface area (Å²) in [5, 5.41) is 7.15. The highest BCUT2D eigenvalue weighted by Gasteiger charge is 2.42. The number of nitrogens with one attached hydrogen (secondary N) is 1. The van der Waals surface area contributed by atoms with Gasteiger partial charge in [-0.05, 0) is 55.2 Å². The molecule has 226 valence electrons. The lowest BCUT2D eigenvalue weighted by atomic mass is 9.73. The van der Waals surface area contributed by atoms with Crippen molar-refractivity contribution in [1.29, 1.82) is 0 Å². The molecule has 3 aromatic rings. The number of pyridine rings is 1. The van der Waals surface area contributed by atoms with Crippen molar-refractivity contribution in [1.82, 2.24) is 24.9 Å². The first-order valence-electron chi connectivity index (χ1n) is 13.8. The molecule has 0 radical (unpaired) electrons. The van der Waals surface area contributed by atoms with E-state index >= 15 is 0 Å². The Morgan fingerprint density at radius 2 is 1.90 bits per heavy atom. The molecule has 2 atom stereocenters. The molecule has 0 bridgehead atoms. The lowest BCUT2D eigenvalue weighted by molar-refractivity contribution is -0.144. The van der Waals surface area contributed by atoms with Gasteiger partial charge in [0.15, 0.2) is 5.65 Å². The number of hydrogen-bond acceptors (Lipinski definition) is 6. The van der Waals surface area contributed by atoms with E-state index < -0.39 is 48.7 Å². The molecule has 0 aromatic carbocycles. The number of hydrogen-bond donors (Lipinski definition) is 2. The third kappa shape index (κ3) is 6.62. The molecule has 0 aliphatic heterocycles. The van der Waals surface area contributed by atoms with Gasteiger partial charge in [-0.1, -0.05) is 0 Å². The number of carbonyl (C=O) groups excluding carboxylic acids is 2. The molecule has 2 aliphatic rings. The molecule has 9 nitrogen and oxygen atoms in total. The Hall–Kier alpha value is -3.84. The van der Waals surface area contributed by atoms with Gasteiger partial charge in [0.2, 0.25) is 11.8 Å². The van der Waals surface area contributed by atoms with E-state index in [2.05, 4.69) is 15.4 Å². The zero-order valence-corrected chi connectivity index (χ0v) is 22.8. The van der Waals surface area contributed by atoms with E-state index in [1.807, 2.05) is 0 Å². The largest absolute Gasteiger partial charge is 0.496 e. The minimum absolute atomic E-state index is 0.0437. The van der Waals surface area contributed by atoms with Crippen molar-refractivity contribution in [3.63, 3.8) is 0 Å². The minimum Gasteiger partial charge on any atom is -0.496 e. The minimum atomic E-state index is -4.44. The number of primary amides is 1. The summed E-state index contributed by atoms with van der Waals surface area (Å²) in [5.74, 6) is -4.91. The van der Waals surface area contributed by atoms with Crippen LogP contribution in [0.3, 0.4) is 0 Å². The van der Waals surface area contributed by atoms with Crippen LogP contribution in [0.2, 0.25) is 0 Å². The van der Waals surface area contributed by atoms with E-state index in [9.17, 15) is 31.5 Å². The average Bonchev–Trinajstić information content (AvgIpc) is 3.69. The first kappa shape index (κ1) is 29.6. The van der Waals surface area contributed by atoms with Crippen LogP contribution in [-0.2, 0) is 4.79 Å². The van der Waals surface area contributed by atoms with Crippen molar-refractivity contribution < 1.29 is 36.3 Å². The number of halogens is 5. The SMILES string of the molecule is COc1ccnc(C(N)=O)c1[C@@H](c1cn2ncc([C@H](NC(=O)CCC(F)(F)F)C3CC3)cc2n1)C1CCC(F)(F)CC1. The van der Waals surface area contributed by atoms with E-state index in [0.29, 0.717) is 28.2 Å². The van der Waals surface area contributed by atoms with Gasteiger partial charge in [-0.3, -0.25) is 14.6 Å². The number of ether oxygens (including phenoxy) is 1. The molecular weight excluding hydrogens is 563 g/mol. The number of aromatic nitrogens is 4. The fourth-order valence-electron chi connectivity index (χ4n) is 5.78. The standard InChI is InChI=1S/C28H31F5N6O3/c1-42-19-7-11-35-25(26(34)41)23(19)22(15-4-8-27(29,30)9-5-15)18-14-39-20(37-18)12-17(13-36-39)24(16-2-3-16)38-21(40)6-10-28(31,32)33/h7,11-16,22,24H,2-6,8-10H2,1H3,(H2,34,41)(H,38,40)/t22-,24-/m1/s1. The maximum atomic E-state index is 14.1. The summed E-state index contributed by atoms with van der Waals surface area (Å²) in [5.41, 5.74) is 7.40. The maximum absolute atomic E-state index is 14.1. The van der Waals surface area contributed by atoms with Crippen molar-refractivity contribution in [2.24, 2.45) is 17.6 Å². The number of alkyl halides is 5. The van der Waals surface area contributed by atoms with E-state index in [0.717, 1.165) is 12.8 Å². The van der Waals surface area contributed by atoms with E-state index in [4.69, 9.17) is 15.5 Å². The van der Waals surface area contributed by atoms with Crippen LogP contribution in [0.15, 0.2) is 30.7 Å². The molecule has 14 heteroatoms. The summed E-state index contributed by atoms with van der Waals surface area (Å²) in [6.07, 6.45) is -0.483. The van der Waals surface area contributed by atoms with Crippen LogP contribution in [0.1, 0.15) is 90.6 Å². The second kappa shape index (κ2) is 11.4.